The van der Waals surface area contributed by atoms with Crippen LogP contribution in [0.3, 0.4) is 0 Å². The predicted octanol–water partition coefficient (Wildman–Crippen LogP) is 2.15. The van der Waals surface area contributed by atoms with E-state index in [4.69, 9.17) is 4.52 Å². The maximum atomic E-state index is 12.4. The van der Waals surface area contributed by atoms with Gasteiger partial charge in [-0.05, 0) is 43.3 Å². The number of imide groups is 1. The lowest BCUT2D eigenvalue weighted by molar-refractivity contribution is -0.122. The number of nitrogens with zero attached hydrogens (tertiary/aromatic N) is 3. The standard InChI is InChI=1S/C17H16N4O4S/c1-10-14(11(2)25-20-10)15(22)19-6-7-21-16(23)13(26-17(21)24)8-12-4-3-5-18-9-12/h3-5,8-9H,6-7H2,1-2H3,(H,19,22)/b13-8-. The number of carbonyl (C=O) groups excluding carboxylic acids is 3. The molecule has 0 atom stereocenters. The molecule has 8 nitrogen and oxygen atoms in total. The number of nitrogens with one attached hydrogen (secondary N) is 1. The first kappa shape index (κ1) is 17.9. The van der Waals surface area contributed by atoms with Crippen LogP contribution in [0.4, 0.5) is 4.79 Å². The van der Waals surface area contributed by atoms with E-state index < -0.39 is 0 Å². The van der Waals surface area contributed by atoms with Crippen LogP contribution in [0, 0.1) is 13.8 Å². The highest BCUT2D eigenvalue weighted by Gasteiger charge is 2.34. The van der Waals surface area contributed by atoms with E-state index in [2.05, 4.69) is 15.5 Å². The third-order valence-corrected chi connectivity index (χ3v) is 4.64. The average molecular weight is 372 g/mol. The van der Waals surface area contributed by atoms with Crippen LogP contribution in [0.2, 0.25) is 0 Å². The van der Waals surface area contributed by atoms with E-state index in [1.54, 1.807) is 44.4 Å². The largest absolute Gasteiger partial charge is 0.361 e. The topological polar surface area (TPSA) is 105 Å². The second-order valence-electron chi connectivity index (χ2n) is 5.57. The lowest BCUT2D eigenvalue weighted by atomic mass is 10.2. The number of hydrogen-bond acceptors (Lipinski definition) is 7. The third kappa shape index (κ3) is 3.67. The molecule has 0 radical (unpaired) electrons. The Morgan fingerprint density at radius 3 is 2.85 bits per heavy atom. The van der Waals surface area contributed by atoms with Gasteiger partial charge in [0.1, 0.15) is 11.3 Å². The molecule has 26 heavy (non-hydrogen) atoms. The summed E-state index contributed by atoms with van der Waals surface area (Å²) in [6.45, 7) is 3.55. The molecule has 0 aliphatic carbocycles. The van der Waals surface area contributed by atoms with Crippen LogP contribution < -0.4 is 5.32 Å². The molecule has 1 N–H and O–H groups in total. The Hall–Kier alpha value is -2.94. The SMILES string of the molecule is Cc1noc(C)c1C(=O)NCCN1C(=O)S/C(=C\c2cccnc2)C1=O. The molecule has 2 aromatic heterocycles. The first-order valence-electron chi connectivity index (χ1n) is 7.84. The summed E-state index contributed by atoms with van der Waals surface area (Å²) in [6, 6.07) is 3.55. The second kappa shape index (κ2) is 7.52. The number of aryl methyl sites for hydroxylation is 2. The van der Waals surface area contributed by atoms with Gasteiger partial charge in [-0.15, -0.1) is 0 Å². The van der Waals surface area contributed by atoms with E-state index in [0.29, 0.717) is 21.9 Å². The number of carbonyl (C=O) groups is 3. The molecule has 0 saturated carbocycles. The highest BCUT2D eigenvalue weighted by atomic mass is 32.2. The van der Waals surface area contributed by atoms with Gasteiger partial charge in [-0.1, -0.05) is 11.2 Å². The van der Waals surface area contributed by atoms with Crippen LogP contribution in [-0.2, 0) is 4.79 Å². The molecule has 3 rings (SSSR count). The van der Waals surface area contributed by atoms with Crippen LogP contribution in [0.1, 0.15) is 27.4 Å². The molecular weight excluding hydrogens is 356 g/mol. The maximum Gasteiger partial charge on any atom is 0.293 e. The number of amides is 3. The molecule has 3 heterocycles. The Balaban J connectivity index is 1.60. The third-order valence-electron chi connectivity index (χ3n) is 3.74. The summed E-state index contributed by atoms with van der Waals surface area (Å²) in [5, 5.41) is 6.04. The minimum absolute atomic E-state index is 0.0875. The lowest BCUT2D eigenvalue weighted by Gasteiger charge is -2.12. The van der Waals surface area contributed by atoms with Crippen molar-refractivity contribution in [3.63, 3.8) is 0 Å². The van der Waals surface area contributed by atoms with Crippen molar-refractivity contribution in [2.45, 2.75) is 13.8 Å². The number of hydrogen-bond donors (Lipinski definition) is 1. The van der Waals surface area contributed by atoms with Crippen molar-refractivity contribution in [2.24, 2.45) is 0 Å². The van der Waals surface area contributed by atoms with Gasteiger partial charge in [-0.2, -0.15) is 0 Å². The zero-order valence-electron chi connectivity index (χ0n) is 14.2. The van der Waals surface area contributed by atoms with Crippen molar-refractivity contribution in [1.82, 2.24) is 20.4 Å². The fourth-order valence-electron chi connectivity index (χ4n) is 2.48. The minimum atomic E-state index is -0.379. The van der Waals surface area contributed by atoms with Crippen LogP contribution in [-0.4, -0.2) is 45.2 Å². The van der Waals surface area contributed by atoms with Crippen LogP contribution >= 0.6 is 11.8 Å². The molecule has 0 aromatic carbocycles. The number of rotatable bonds is 5. The quantitative estimate of drug-likeness (QED) is 0.802. The normalized spacial score (nSPS) is 15.8. The fourth-order valence-corrected chi connectivity index (χ4v) is 3.35. The summed E-state index contributed by atoms with van der Waals surface area (Å²) in [5.41, 5.74) is 1.60. The summed E-state index contributed by atoms with van der Waals surface area (Å²) in [7, 11) is 0. The molecule has 1 saturated heterocycles. The summed E-state index contributed by atoms with van der Waals surface area (Å²) in [5.74, 6) is -0.305. The molecule has 134 valence electrons. The highest BCUT2D eigenvalue weighted by molar-refractivity contribution is 8.18. The van der Waals surface area contributed by atoms with Crippen molar-refractivity contribution in [2.75, 3.05) is 13.1 Å². The van der Waals surface area contributed by atoms with Gasteiger partial charge in [-0.3, -0.25) is 24.3 Å². The van der Waals surface area contributed by atoms with E-state index in [-0.39, 0.29) is 30.1 Å². The summed E-state index contributed by atoms with van der Waals surface area (Å²) < 4.78 is 4.96. The molecule has 9 heteroatoms. The minimum Gasteiger partial charge on any atom is -0.361 e. The van der Waals surface area contributed by atoms with Crippen molar-refractivity contribution >= 4 is 34.9 Å². The Bertz CT molecular complexity index is 872. The number of aromatic nitrogens is 2. The Kier molecular flexibility index (Phi) is 5.17. The molecule has 0 unspecified atom stereocenters. The lowest BCUT2D eigenvalue weighted by Crippen LogP contribution is -2.37. The zero-order chi connectivity index (χ0) is 18.7. The van der Waals surface area contributed by atoms with Gasteiger partial charge in [0.15, 0.2) is 0 Å². The van der Waals surface area contributed by atoms with Gasteiger partial charge >= 0.3 is 0 Å². The Morgan fingerprint density at radius 1 is 1.38 bits per heavy atom. The van der Waals surface area contributed by atoms with E-state index in [1.807, 2.05) is 0 Å². The molecule has 1 aliphatic rings. The molecule has 1 fully saturated rings. The van der Waals surface area contributed by atoms with Crippen molar-refractivity contribution in [1.29, 1.82) is 0 Å². The van der Waals surface area contributed by atoms with E-state index in [0.717, 1.165) is 22.2 Å². The molecular formula is C17H16N4O4S. The van der Waals surface area contributed by atoms with Crippen LogP contribution in [0.25, 0.3) is 6.08 Å². The summed E-state index contributed by atoms with van der Waals surface area (Å²) >= 11 is 0.871. The van der Waals surface area contributed by atoms with E-state index in [9.17, 15) is 14.4 Å². The Labute approximate surface area is 153 Å². The fraction of sp³-hybridized carbons (Fsp3) is 0.235. The molecule has 2 aromatic rings. The second-order valence-corrected chi connectivity index (χ2v) is 6.57. The van der Waals surface area contributed by atoms with Crippen LogP contribution in [0.5, 0.6) is 0 Å². The monoisotopic (exact) mass is 372 g/mol. The van der Waals surface area contributed by atoms with Gasteiger partial charge < -0.3 is 9.84 Å². The van der Waals surface area contributed by atoms with Gasteiger partial charge in [0.2, 0.25) is 0 Å². The number of pyridine rings is 1. The predicted molar refractivity (Wildman–Crippen MR) is 95.2 cm³/mol. The van der Waals surface area contributed by atoms with Gasteiger partial charge in [0.05, 0.1) is 10.6 Å². The van der Waals surface area contributed by atoms with E-state index in [1.165, 1.54) is 0 Å². The molecule has 3 amide bonds. The van der Waals surface area contributed by atoms with Crippen LogP contribution in [0.15, 0.2) is 34.0 Å². The average Bonchev–Trinajstić information content (AvgIpc) is 3.09. The molecule has 1 aliphatic heterocycles. The molecule has 0 spiro atoms. The van der Waals surface area contributed by atoms with Crippen molar-refractivity contribution in [3.8, 4) is 0 Å². The highest BCUT2D eigenvalue weighted by Crippen LogP contribution is 2.31. The first-order chi connectivity index (χ1) is 12.5. The van der Waals surface area contributed by atoms with Gasteiger partial charge in [0, 0.05) is 25.5 Å². The zero-order valence-corrected chi connectivity index (χ0v) is 15.0. The Morgan fingerprint density at radius 2 is 2.19 bits per heavy atom. The first-order valence-corrected chi connectivity index (χ1v) is 8.65. The van der Waals surface area contributed by atoms with E-state index >= 15 is 0 Å². The van der Waals surface area contributed by atoms with Crippen molar-refractivity contribution < 1.29 is 18.9 Å². The van der Waals surface area contributed by atoms with Gasteiger partial charge in [-0.25, -0.2) is 0 Å². The maximum absolute atomic E-state index is 12.4. The number of thioether (sulfide) groups is 1. The van der Waals surface area contributed by atoms with Gasteiger partial charge in [0.25, 0.3) is 17.1 Å². The smallest absolute Gasteiger partial charge is 0.293 e. The van der Waals surface area contributed by atoms with Crippen molar-refractivity contribution in [3.05, 3.63) is 52.0 Å². The summed E-state index contributed by atoms with van der Waals surface area (Å²) in [6.07, 6.45) is 4.86. The summed E-state index contributed by atoms with van der Waals surface area (Å²) in [4.78, 5) is 42.0. The molecule has 0 bridgehead atoms.